The quantitative estimate of drug-likeness (QED) is 0.0417. The Morgan fingerprint density at radius 2 is 1.23 bits per heavy atom. The molecule has 5 N–H and O–H groups in total. The maximum absolute atomic E-state index is 12.7. The summed E-state index contributed by atoms with van der Waals surface area (Å²) in [5, 5.41) is 14.5. The van der Waals surface area contributed by atoms with E-state index in [-0.39, 0.29) is 37.0 Å². The molecule has 0 aromatic carbocycles. The van der Waals surface area contributed by atoms with Crippen molar-refractivity contribution in [2.45, 2.75) is 174 Å². The van der Waals surface area contributed by atoms with E-state index >= 15 is 0 Å². The number of unbranched alkanes of at least 4 members (excludes halogenated alkanes) is 16. The zero-order chi connectivity index (χ0) is 35.0. The van der Waals surface area contributed by atoms with Crippen LogP contribution in [0, 0.1) is 0 Å². The van der Waals surface area contributed by atoms with Crippen LogP contribution < -0.4 is 16.4 Å². The summed E-state index contributed by atoms with van der Waals surface area (Å²) in [6.45, 7) is 6.20. The van der Waals surface area contributed by atoms with Crippen LogP contribution in [-0.2, 0) is 28.7 Å². The zero-order valence-corrected chi connectivity index (χ0v) is 30.8. The first kappa shape index (κ1) is 45.2. The Balaban J connectivity index is 4.63. The number of thioether (sulfide) groups is 1. The van der Waals surface area contributed by atoms with Crippen LogP contribution in [0.25, 0.3) is 0 Å². The molecule has 0 aromatic heterocycles. The van der Waals surface area contributed by atoms with Crippen LogP contribution in [0.5, 0.6) is 0 Å². The van der Waals surface area contributed by atoms with Crippen LogP contribution in [0.2, 0.25) is 0 Å². The number of ether oxygens (including phenoxy) is 2. The van der Waals surface area contributed by atoms with Gasteiger partial charge in [-0.1, -0.05) is 124 Å². The molecule has 0 aliphatic carbocycles. The van der Waals surface area contributed by atoms with Gasteiger partial charge in [0, 0.05) is 24.3 Å². The van der Waals surface area contributed by atoms with Crippen molar-refractivity contribution < 1.29 is 33.8 Å². The number of esters is 1. The van der Waals surface area contributed by atoms with E-state index in [4.69, 9.17) is 20.3 Å². The Morgan fingerprint density at radius 1 is 0.723 bits per heavy atom. The number of carbonyl (C=O) groups excluding carboxylic acids is 3. The van der Waals surface area contributed by atoms with E-state index in [1.165, 1.54) is 88.8 Å². The molecule has 0 aliphatic rings. The van der Waals surface area contributed by atoms with Crippen LogP contribution in [0.3, 0.4) is 0 Å². The van der Waals surface area contributed by atoms with Crippen LogP contribution in [0.1, 0.15) is 156 Å². The molecule has 0 aliphatic heterocycles. The molecule has 0 heterocycles. The van der Waals surface area contributed by atoms with Gasteiger partial charge >= 0.3 is 11.9 Å². The van der Waals surface area contributed by atoms with E-state index in [0.717, 1.165) is 38.5 Å². The first-order chi connectivity index (χ1) is 22.7. The zero-order valence-electron chi connectivity index (χ0n) is 30.0. The van der Waals surface area contributed by atoms with Gasteiger partial charge in [-0.25, -0.2) is 4.79 Å². The predicted molar refractivity (Wildman–Crippen MR) is 193 cm³/mol. The lowest BCUT2D eigenvalue weighted by atomic mass is 10.1. The average molecular weight is 688 g/mol. The second-order valence-corrected chi connectivity index (χ2v) is 13.8. The minimum absolute atomic E-state index is 0.0373. The number of carbonyl (C=O) groups is 4. The number of rotatable bonds is 34. The summed E-state index contributed by atoms with van der Waals surface area (Å²) in [5.74, 6) is -1.01. The van der Waals surface area contributed by atoms with Gasteiger partial charge in [-0.15, -0.1) is 0 Å². The highest BCUT2D eigenvalue weighted by Crippen LogP contribution is 2.14. The molecule has 10 nitrogen and oxygen atoms in total. The summed E-state index contributed by atoms with van der Waals surface area (Å²) >= 11 is 1.40. The summed E-state index contributed by atoms with van der Waals surface area (Å²) < 4.78 is 10.9. The third kappa shape index (κ3) is 30.0. The molecule has 0 radical (unpaired) electrons. The van der Waals surface area contributed by atoms with Gasteiger partial charge in [0.25, 0.3) is 0 Å². The Hall–Kier alpha value is -1.85. The van der Waals surface area contributed by atoms with Crippen molar-refractivity contribution >= 4 is 35.5 Å². The first-order valence-corrected chi connectivity index (χ1v) is 19.8. The molecule has 0 bridgehead atoms. The topological polar surface area (TPSA) is 157 Å². The fourth-order valence-electron chi connectivity index (χ4n) is 5.13. The molecule has 0 aromatic rings. The van der Waals surface area contributed by atoms with E-state index in [1.807, 2.05) is 6.92 Å². The molecule has 3 atom stereocenters. The lowest BCUT2D eigenvalue weighted by molar-refractivity contribution is -0.148. The van der Waals surface area contributed by atoms with Gasteiger partial charge in [-0.2, -0.15) is 11.8 Å². The number of nitrogens with two attached hydrogens (primary N) is 1. The summed E-state index contributed by atoms with van der Waals surface area (Å²) in [5.41, 5.74) is 6.12. The summed E-state index contributed by atoms with van der Waals surface area (Å²) in [4.78, 5) is 48.5. The lowest BCUT2D eigenvalue weighted by Crippen LogP contribution is -2.48. The van der Waals surface area contributed by atoms with Gasteiger partial charge in [-0.05, 0) is 19.3 Å². The molecule has 2 amide bonds. The molecule has 0 fully saturated rings. The molecule has 0 unspecified atom stereocenters. The van der Waals surface area contributed by atoms with Gasteiger partial charge in [0.05, 0.1) is 25.2 Å². The minimum Gasteiger partial charge on any atom is -0.480 e. The molecule has 0 spiro atoms. The van der Waals surface area contributed by atoms with Gasteiger partial charge in [0.15, 0.2) is 0 Å². The van der Waals surface area contributed by atoms with Crippen LogP contribution in [0.4, 0.5) is 0 Å². The third-order valence-electron chi connectivity index (χ3n) is 8.14. The van der Waals surface area contributed by atoms with Crippen LogP contribution >= 0.6 is 11.8 Å². The Morgan fingerprint density at radius 3 is 1.74 bits per heavy atom. The second kappa shape index (κ2) is 32.7. The highest BCUT2D eigenvalue weighted by atomic mass is 32.2. The van der Waals surface area contributed by atoms with Crippen LogP contribution in [-0.4, -0.2) is 78.3 Å². The molecule has 47 heavy (non-hydrogen) atoms. The van der Waals surface area contributed by atoms with E-state index in [1.54, 1.807) is 0 Å². The van der Waals surface area contributed by atoms with Gasteiger partial charge < -0.3 is 30.9 Å². The van der Waals surface area contributed by atoms with Gasteiger partial charge in [0.1, 0.15) is 12.7 Å². The van der Waals surface area contributed by atoms with E-state index in [9.17, 15) is 19.2 Å². The fourth-order valence-corrected chi connectivity index (χ4v) is 6.12. The standard InChI is InChI=1S/C36H69N3O7S/c1-4-7-9-11-13-15-17-19-21-23-33(40)38-25-31(46-35(43)24-22-20-18-16-14-12-10-8-5-2)28-47-29-32(37)36(44)39-30(6-3)26-45-27-34(41)42/h30-32H,4-29,37H2,1-3H3,(H,38,40)(H,39,44)(H,41,42)/t30-,31+,32-/m0/s1. The number of aliphatic carboxylic acids is 1. The Kier molecular flexibility index (Phi) is 31.4. The van der Waals surface area contributed by atoms with Crippen molar-refractivity contribution in [2.24, 2.45) is 5.73 Å². The number of hydrogen-bond acceptors (Lipinski definition) is 8. The highest BCUT2D eigenvalue weighted by molar-refractivity contribution is 7.99. The van der Waals surface area contributed by atoms with Crippen molar-refractivity contribution in [2.75, 3.05) is 31.3 Å². The molecule has 11 heteroatoms. The fraction of sp³-hybridized carbons (Fsp3) is 0.889. The van der Waals surface area contributed by atoms with E-state index < -0.39 is 24.7 Å². The average Bonchev–Trinajstić information content (AvgIpc) is 3.04. The molecule has 0 rings (SSSR count). The minimum atomic E-state index is -1.07. The third-order valence-corrected chi connectivity index (χ3v) is 9.34. The van der Waals surface area contributed by atoms with Crippen molar-refractivity contribution in [3.05, 3.63) is 0 Å². The van der Waals surface area contributed by atoms with E-state index in [2.05, 4.69) is 24.5 Å². The predicted octanol–water partition coefficient (Wildman–Crippen LogP) is 6.91. The van der Waals surface area contributed by atoms with Crippen molar-refractivity contribution in [3.8, 4) is 0 Å². The van der Waals surface area contributed by atoms with Crippen molar-refractivity contribution in [1.29, 1.82) is 0 Å². The van der Waals surface area contributed by atoms with Crippen molar-refractivity contribution in [3.63, 3.8) is 0 Å². The molecular weight excluding hydrogens is 618 g/mol. The first-order valence-electron chi connectivity index (χ1n) is 18.6. The normalized spacial score (nSPS) is 13.1. The maximum atomic E-state index is 12.7. The van der Waals surface area contributed by atoms with Gasteiger partial charge in [0.2, 0.25) is 11.8 Å². The van der Waals surface area contributed by atoms with Crippen molar-refractivity contribution in [1.82, 2.24) is 10.6 Å². The second-order valence-electron chi connectivity index (χ2n) is 12.7. The van der Waals surface area contributed by atoms with Gasteiger partial charge in [-0.3, -0.25) is 14.4 Å². The molecule has 0 saturated heterocycles. The Bertz CT molecular complexity index is 803. The monoisotopic (exact) mass is 687 g/mol. The smallest absolute Gasteiger partial charge is 0.329 e. The summed E-state index contributed by atoms with van der Waals surface area (Å²) in [6.07, 6.45) is 22.1. The van der Waals surface area contributed by atoms with E-state index in [0.29, 0.717) is 30.8 Å². The summed E-state index contributed by atoms with van der Waals surface area (Å²) in [6, 6.07) is -1.14. The number of carboxylic acid groups (broad SMARTS) is 1. The maximum Gasteiger partial charge on any atom is 0.329 e. The van der Waals surface area contributed by atoms with Crippen LogP contribution in [0.15, 0.2) is 0 Å². The Labute approximate surface area is 290 Å². The number of hydrogen-bond donors (Lipinski definition) is 4. The highest BCUT2D eigenvalue weighted by Gasteiger charge is 2.21. The largest absolute Gasteiger partial charge is 0.480 e. The number of nitrogens with one attached hydrogen (secondary N) is 2. The number of carboxylic acids is 1. The molecule has 276 valence electrons. The lowest BCUT2D eigenvalue weighted by Gasteiger charge is -2.21. The molecule has 0 saturated carbocycles. The molecular formula is C36H69N3O7S. The summed E-state index contributed by atoms with van der Waals surface area (Å²) in [7, 11) is 0. The number of amides is 2. The SMILES string of the molecule is CCCCCCCCCCCC(=O)NC[C@H](CSC[C@H](N)C(=O)N[C@@H](CC)COCC(=O)O)OC(=O)CCCCCCCCCCC.